The predicted octanol–water partition coefficient (Wildman–Crippen LogP) is 4.47. The first-order chi connectivity index (χ1) is 12.5. The zero-order valence-electron chi connectivity index (χ0n) is 15.3. The number of nitrogens with zero attached hydrogens (tertiary/aromatic N) is 1. The van der Waals surface area contributed by atoms with Gasteiger partial charge in [0.25, 0.3) is 5.91 Å². The van der Waals surface area contributed by atoms with Crippen LogP contribution in [0, 0.1) is 11.6 Å². The van der Waals surface area contributed by atoms with Crippen molar-refractivity contribution >= 4 is 11.9 Å². The van der Waals surface area contributed by atoms with E-state index >= 15 is 0 Å². The minimum Gasteiger partial charge on any atom is -0.464 e. The van der Waals surface area contributed by atoms with Crippen molar-refractivity contribution in [1.29, 1.82) is 0 Å². The first kappa shape index (κ1) is 20.3. The maximum atomic E-state index is 13.9. The molecule has 0 saturated carbocycles. The summed E-state index contributed by atoms with van der Waals surface area (Å²) in [4.78, 5) is 26.2. The van der Waals surface area contributed by atoms with Gasteiger partial charge in [0, 0.05) is 12.6 Å². The second-order valence-electron chi connectivity index (χ2n) is 6.72. The number of carbonyl (C=O) groups excluding carboxylic acids is 2. The molecule has 1 unspecified atom stereocenters. The minimum atomic E-state index is -0.916. The fraction of sp³-hybridized carbons (Fsp3) is 0.600. The third-order valence-corrected chi connectivity index (χ3v) is 4.69. The van der Waals surface area contributed by atoms with Gasteiger partial charge in [0.15, 0.2) is 0 Å². The van der Waals surface area contributed by atoms with Gasteiger partial charge in [-0.2, -0.15) is 0 Å². The maximum absolute atomic E-state index is 13.9. The number of unbranched alkanes of at least 4 members (excludes halogenated alkanes) is 5. The lowest BCUT2D eigenvalue weighted by Crippen LogP contribution is -2.41. The van der Waals surface area contributed by atoms with E-state index in [-0.39, 0.29) is 5.56 Å². The molecule has 26 heavy (non-hydrogen) atoms. The van der Waals surface area contributed by atoms with Crippen LogP contribution in [0.2, 0.25) is 0 Å². The number of hydrogen-bond donors (Lipinski definition) is 0. The third-order valence-electron chi connectivity index (χ3n) is 4.69. The molecule has 0 N–H and O–H groups in total. The van der Waals surface area contributed by atoms with Crippen LogP contribution in [-0.2, 0) is 9.53 Å². The number of esters is 1. The van der Waals surface area contributed by atoms with Gasteiger partial charge in [-0.1, -0.05) is 39.0 Å². The highest BCUT2D eigenvalue weighted by Gasteiger charge is 2.36. The molecule has 2 rings (SSSR count). The Kier molecular flexibility index (Phi) is 8.01. The molecule has 1 atom stereocenters. The van der Waals surface area contributed by atoms with E-state index in [1.165, 1.54) is 24.2 Å². The van der Waals surface area contributed by atoms with Crippen molar-refractivity contribution in [3.05, 3.63) is 35.4 Å². The number of likely N-dealkylation sites (tertiary alicyclic amines) is 1. The molecule has 1 saturated heterocycles. The first-order valence-electron chi connectivity index (χ1n) is 9.47. The molecule has 1 aromatic rings. The highest BCUT2D eigenvalue weighted by atomic mass is 19.1. The van der Waals surface area contributed by atoms with Gasteiger partial charge in [-0.15, -0.1) is 0 Å². The molecule has 1 heterocycles. The van der Waals surface area contributed by atoms with Crippen LogP contribution in [0.15, 0.2) is 18.2 Å². The number of ether oxygens (including phenoxy) is 1. The fourth-order valence-electron chi connectivity index (χ4n) is 3.22. The van der Waals surface area contributed by atoms with Gasteiger partial charge in [0.05, 0.1) is 12.2 Å². The van der Waals surface area contributed by atoms with Crippen LogP contribution in [0.25, 0.3) is 0 Å². The molecule has 0 spiro atoms. The molecule has 0 aliphatic carbocycles. The van der Waals surface area contributed by atoms with Crippen molar-refractivity contribution in [2.24, 2.45) is 0 Å². The molecule has 1 amide bonds. The molecule has 144 valence electrons. The van der Waals surface area contributed by atoms with E-state index in [1.54, 1.807) is 0 Å². The second-order valence-corrected chi connectivity index (χ2v) is 6.72. The third kappa shape index (κ3) is 5.51. The van der Waals surface area contributed by atoms with E-state index in [0.29, 0.717) is 32.1 Å². The van der Waals surface area contributed by atoms with Gasteiger partial charge < -0.3 is 9.64 Å². The quantitative estimate of drug-likeness (QED) is 0.478. The average molecular weight is 367 g/mol. The number of rotatable bonds is 9. The topological polar surface area (TPSA) is 46.6 Å². The highest BCUT2D eigenvalue weighted by molar-refractivity contribution is 5.97. The Bertz CT molecular complexity index is 621. The van der Waals surface area contributed by atoms with Gasteiger partial charge in [-0.25, -0.2) is 13.6 Å². The summed E-state index contributed by atoms with van der Waals surface area (Å²) in [5.41, 5.74) is -0.220. The smallest absolute Gasteiger partial charge is 0.328 e. The van der Waals surface area contributed by atoms with E-state index in [2.05, 4.69) is 6.92 Å². The fourth-order valence-corrected chi connectivity index (χ4v) is 3.22. The number of hydrogen-bond acceptors (Lipinski definition) is 3. The van der Waals surface area contributed by atoms with Crippen LogP contribution in [0.1, 0.15) is 68.6 Å². The Balaban J connectivity index is 1.84. The predicted molar refractivity (Wildman–Crippen MR) is 94.8 cm³/mol. The molecule has 0 aromatic heterocycles. The van der Waals surface area contributed by atoms with Crippen LogP contribution >= 0.6 is 0 Å². The van der Waals surface area contributed by atoms with E-state index in [4.69, 9.17) is 4.74 Å². The van der Waals surface area contributed by atoms with Crippen molar-refractivity contribution in [3.63, 3.8) is 0 Å². The van der Waals surface area contributed by atoms with Crippen LogP contribution < -0.4 is 0 Å². The Labute approximate surface area is 153 Å². The second kappa shape index (κ2) is 10.2. The van der Waals surface area contributed by atoms with E-state index in [1.807, 2.05) is 0 Å². The van der Waals surface area contributed by atoms with Gasteiger partial charge in [0.1, 0.15) is 17.7 Å². The summed E-state index contributed by atoms with van der Waals surface area (Å²) in [7, 11) is 0. The molecule has 1 aromatic carbocycles. The Morgan fingerprint density at radius 1 is 1.15 bits per heavy atom. The van der Waals surface area contributed by atoms with Crippen LogP contribution in [0.5, 0.6) is 0 Å². The Morgan fingerprint density at radius 3 is 2.62 bits per heavy atom. The van der Waals surface area contributed by atoms with Crippen molar-refractivity contribution in [2.75, 3.05) is 13.2 Å². The summed E-state index contributed by atoms with van der Waals surface area (Å²) in [5.74, 6) is -2.69. The van der Waals surface area contributed by atoms with E-state index in [0.717, 1.165) is 31.4 Å². The summed E-state index contributed by atoms with van der Waals surface area (Å²) in [6.45, 7) is 2.87. The van der Waals surface area contributed by atoms with Gasteiger partial charge in [0.2, 0.25) is 0 Å². The molecule has 0 bridgehead atoms. The Morgan fingerprint density at radius 2 is 1.88 bits per heavy atom. The molecule has 1 aliphatic heterocycles. The summed E-state index contributed by atoms with van der Waals surface area (Å²) in [5, 5.41) is 0. The molecule has 1 fully saturated rings. The lowest BCUT2D eigenvalue weighted by atomic mass is 10.1. The Hall–Kier alpha value is -1.98. The lowest BCUT2D eigenvalue weighted by Gasteiger charge is -2.23. The highest BCUT2D eigenvalue weighted by Crippen LogP contribution is 2.23. The van der Waals surface area contributed by atoms with Crippen molar-refractivity contribution < 1.29 is 23.1 Å². The number of halogens is 2. The number of carbonyl (C=O) groups is 2. The summed E-state index contributed by atoms with van der Waals surface area (Å²) < 4.78 is 32.2. The molecular weight excluding hydrogens is 340 g/mol. The van der Waals surface area contributed by atoms with Crippen molar-refractivity contribution in [2.45, 2.75) is 64.3 Å². The average Bonchev–Trinajstić information content (AvgIpc) is 3.10. The molecule has 4 nitrogen and oxygen atoms in total. The normalized spacial score (nSPS) is 16.7. The maximum Gasteiger partial charge on any atom is 0.328 e. The standard InChI is InChI=1S/C20H27F2NO3/c1-2-3-4-5-6-7-13-26-20(25)18-9-8-12-23(18)19(24)16-11-10-15(21)14-17(16)22/h10-11,14,18H,2-9,12-13H2,1H3. The molecule has 0 radical (unpaired) electrons. The SMILES string of the molecule is CCCCCCCCOC(=O)C1CCCN1C(=O)c1ccc(F)cc1F. The number of benzene rings is 1. The molecule has 1 aliphatic rings. The van der Waals surface area contributed by atoms with Gasteiger partial charge in [-0.3, -0.25) is 4.79 Å². The van der Waals surface area contributed by atoms with Gasteiger partial charge in [-0.05, 0) is 31.4 Å². The summed E-state index contributed by atoms with van der Waals surface area (Å²) >= 11 is 0. The molecule has 6 heteroatoms. The van der Waals surface area contributed by atoms with Gasteiger partial charge >= 0.3 is 5.97 Å². The molecular formula is C20H27F2NO3. The van der Waals surface area contributed by atoms with Crippen LogP contribution in [-0.4, -0.2) is 36.0 Å². The minimum absolute atomic E-state index is 0.220. The number of amides is 1. The van der Waals surface area contributed by atoms with E-state index < -0.39 is 29.6 Å². The zero-order chi connectivity index (χ0) is 18.9. The summed E-state index contributed by atoms with van der Waals surface area (Å²) in [6, 6.07) is 2.14. The first-order valence-corrected chi connectivity index (χ1v) is 9.47. The summed E-state index contributed by atoms with van der Waals surface area (Å²) in [6.07, 6.45) is 7.72. The van der Waals surface area contributed by atoms with Crippen molar-refractivity contribution in [1.82, 2.24) is 4.90 Å². The van der Waals surface area contributed by atoms with E-state index in [9.17, 15) is 18.4 Å². The monoisotopic (exact) mass is 367 g/mol. The largest absolute Gasteiger partial charge is 0.464 e. The lowest BCUT2D eigenvalue weighted by molar-refractivity contribution is -0.148. The van der Waals surface area contributed by atoms with Crippen LogP contribution in [0.3, 0.4) is 0 Å². The van der Waals surface area contributed by atoms with Crippen molar-refractivity contribution in [3.8, 4) is 0 Å². The zero-order valence-corrected chi connectivity index (χ0v) is 15.3. The van der Waals surface area contributed by atoms with Crippen LogP contribution in [0.4, 0.5) is 8.78 Å².